The lowest BCUT2D eigenvalue weighted by Crippen LogP contribution is -2.48. The first kappa shape index (κ1) is 24.1. The van der Waals surface area contributed by atoms with Crippen molar-refractivity contribution in [3.05, 3.63) is 29.8 Å². The summed E-state index contributed by atoms with van der Waals surface area (Å²) in [5.41, 5.74) is 0.838. The molecule has 1 atom stereocenters. The molecule has 3 N–H and O–H groups in total. The molecular formula is C21H37N3O5. The molecule has 1 unspecified atom stereocenters. The molecule has 8 heteroatoms. The maximum Gasteiger partial charge on any atom is 0.311 e. The quantitative estimate of drug-likeness (QED) is 0.383. The molecule has 1 rings (SSSR count). The number of ether oxygens (including phenoxy) is 1. The number of hydrogen-bond donors (Lipinski definition) is 3. The summed E-state index contributed by atoms with van der Waals surface area (Å²) in [7, 11) is 0. The second kappa shape index (κ2) is 11.2. The highest BCUT2D eigenvalue weighted by molar-refractivity contribution is 5.95. The summed E-state index contributed by atoms with van der Waals surface area (Å²) >= 11 is 0. The maximum absolute atomic E-state index is 12.0. The van der Waals surface area contributed by atoms with E-state index in [0.717, 1.165) is 5.56 Å². The van der Waals surface area contributed by atoms with Gasteiger partial charge < -0.3 is 20.7 Å². The van der Waals surface area contributed by atoms with Gasteiger partial charge in [0.25, 0.3) is 0 Å². The number of rotatable bonds is 11. The van der Waals surface area contributed by atoms with E-state index in [1.54, 1.807) is 38.1 Å². The van der Waals surface area contributed by atoms with Gasteiger partial charge in [0.1, 0.15) is 12.6 Å². The van der Waals surface area contributed by atoms with Crippen molar-refractivity contribution in [3.63, 3.8) is 0 Å². The summed E-state index contributed by atoms with van der Waals surface area (Å²) in [5.74, 6) is -1.17. The zero-order chi connectivity index (χ0) is 22.0. The fourth-order valence-electron chi connectivity index (χ4n) is 2.30. The fraction of sp³-hybridized carbons (Fsp3) is 0.524. The van der Waals surface area contributed by atoms with E-state index in [-0.39, 0.29) is 29.3 Å². The number of nitrogens with one attached hydrogen (secondary N) is 3. The number of benzene rings is 1. The van der Waals surface area contributed by atoms with Gasteiger partial charge in [0.2, 0.25) is 18.2 Å². The van der Waals surface area contributed by atoms with Crippen molar-refractivity contribution < 1.29 is 28.2 Å². The first-order chi connectivity index (χ1) is 13.6. The number of carbonyl (C=O) groups excluding carboxylic acids is 4. The molecule has 0 aromatic heterocycles. The Morgan fingerprint density at radius 3 is 2.31 bits per heavy atom. The molecule has 29 heavy (non-hydrogen) atoms. The van der Waals surface area contributed by atoms with Crippen LogP contribution in [0.15, 0.2) is 24.3 Å². The van der Waals surface area contributed by atoms with Gasteiger partial charge in [-0.1, -0.05) is 32.9 Å². The molecule has 1 aromatic carbocycles. The van der Waals surface area contributed by atoms with Crippen LogP contribution in [0, 0.1) is 11.3 Å². The molecule has 166 valence electrons. The minimum absolute atomic E-state index is 0. The van der Waals surface area contributed by atoms with Gasteiger partial charge >= 0.3 is 5.97 Å². The Kier molecular flexibility index (Phi) is 9.31. The molecular weight excluding hydrogens is 374 g/mol. The van der Waals surface area contributed by atoms with Gasteiger partial charge in [-0.2, -0.15) is 0 Å². The minimum atomic E-state index is -0.694. The zero-order valence-corrected chi connectivity index (χ0v) is 17.7. The Balaban J connectivity index is -0.00000280. The highest BCUT2D eigenvalue weighted by Crippen LogP contribution is 2.22. The van der Waals surface area contributed by atoms with Crippen molar-refractivity contribution in [2.75, 3.05) is 11.9 Å². The number of esters is 1. The molecule has 0 radical (unpaired) electrons. The Morgan fingerprint density at radius 1 is 1.17 bits per heavy atom. The summed E-state index contributed by atoms with van der Waals surface area (Å²) in [5, 5.41) is 7.61. The van der Waals surface area contributed by atoms with Gasteiger partial charge in [0, 0.05) is 9.97 Å². The van der Waals surface area contributed by atoms with E-state index in [1.807, 2.05) is 20.8 Å². The van der Waals surface area contributed by atoms with Crippen LogP contribution in [-0.2, 0) is 30.5 Å². The first-order valence-corrected chi connectivity index (χ1v) is 9.64. The molecule has 0 spiro atoms. The van der Waals surface area contributed by atoms with Crippen LogP contribution in [-0.4, -0.2) is 36.8 Å². The van der Waals surface area contributed by atoms with E-state index in [0.29, 0.717) is 18.5 Å². The predicted octanol–water partition coefficient (Wildman–Crippen LogP) is 2.73. The summed E-state index contributed by atoms with van der Waals surface area (Å²) in [6.07, 6.45) is 1.16. The van der Waals surface area contributed by atoms with Crippen LogP contribution in [0.2, 0.25) is 0 Å². The van der Waals surface area contributed by atoms with E-state index in [4.69, 9.17) is 4.74 Å². The predicted molar refractivity (Wildman–Crippen MR) is 116 cm³/mol. The summed E-state index contributed by atoms with van der Waals surface area (Å²) in [4.78, 5) is 46.6. The highest BCUT2D eigenvalue weighted by atomic mass is 16.5. The van der Waals surface area contributed by atoms with Gasteiger partial charge in [-0.05, 0) is 43.9 Å². The Bertz CT molecular complexity index is 728. The second-order valence-corrected chi connectivity index (χ2v) is 7.78. The van der Waals surface area contributed by atoms with Gasteiger partial charge in [-0.3, -0.25) is 19.2 Å². The normalized spacial score (nSPS) is 12.1. The lowest BCUT2D eigenvalue weighted by molar-refractivity contribution is -0.155. The summed E-state index contributed by atoms with van der Waals surface area (Å²) in [6, 6.07) is 6.20. The molecule has 0 heterocycles. The number of carbonyl (C=O) groups is 4. The molecule has 0 saturated carbocycles. The third kappa shape index (κ3) is 7.93. The summed E-state index contributed by atoms with van der Waals surface area (Å²) in [6.45, 7) is 9.14. The largest absolute Gasteiger partial charge is 0.460 e. The van der Waals surface area contributed by atoms with Crippen molar-refractivity contribution in [2.24, 2.45) is 11.3 Å². The smallest absolute Gasteiger partial charge is 0.311 e. The van der Waals surface area contributed by atoms with E-state index in [9.17, 15) is 19.2 Å². The van der Waals surface area contributed by atoms with Crippen LogP contribution in [0.4, 0.5) is 5.69 Å². The van der Waals surface area contributed by atoms with Crippen LogP contribution < -0.4 is 16.0 Å². The minimum Gasteiger partial charge on any atom is -0.460 e. The topological polar surface area (TPSA) is 114 Å². The first-order valence-electron chi connectivity index (χ1n) is 9.64. The van der Waals surface area contributed by atoms with Crippen molar-refractivity contribution in [2.45, 2.75) is 53.7 Å². The van der Waals surface area contributed by atoms with Gasteiger partial charge in [-0.25, -0.2) is 0 Å². The molecule has 0 bridgehead atoms. The average molecular weight is 412 g/mol. The molecule has 1 aromatic rings. The van der Waals surface area contributed by atoms with Crippen LogP contribution in [0.1, 0.15) is 50.9 Å². The SMILES string of the molecule is CCC(C)(C)C(=O)OCc1ccc(NC(=O)CNC(=O)C(NC=O)C(C)C)cc1.[HH].[HH].[HH]. The van der Waals surface area contributed by atoms with Crippen molar-refractivity contribution in [3.8, 4) is 0 Å². The van der Waals surface area contributed by atoms with Crippen LogP contribution in [0.5, 0.6) is 0 Å². The van der Waals surface area contributed by atoms with E-state index >= 15 is 0 Å². The highest BCUT2D eigenvalue weighted by Gasteiger charge is 2.27. The van der Waals surface area contributed by atoms with Crippen LogP contribution in [0.25, 0.3) is 0 Å². The zero-order valence-electron chi connectivity index (χ0n) is 17.7. The Labute approximate surface area is 176 Å². The average Bonchev–Trinajstić information content (AvgIpc) is 2.69. The van der Waals surface area contributed by atoms with Gasteiger partial charge in [-0.15, -0.1) is 0 Å². The molecule has 3 amide bonds. The Morgan fingerprint density at radius 2 is 1.79 bits per heavy atom. The third-order valence-electron chi connectivity index (χ3n) is 4.66. The monoisotopic (exact) mass is 411 g/mol. The van der Waals surface area contributed by atoms with E-state index in [2.05, 4.69) is 16.0 Å². The molecule has 8 nitrogen and oxygen atoms in total. The van der Waals surface area contributed by atoms with Crippen molar-refractivity contribution >= 4 is 29.9 Å². The Hall–Kier alpha value is -2.90. The molecule has 0 fully saturated rings. The molecule has 0 aliphatic rings. The number of amides is 3. The lowest BCUT2D eigenvalue weighted by atomic mass is 9.91. The number of hydrogen-bond acceptors (Lipinski definition) is 5. The summed E-state index contributed by atoms with van der Waals surface area (Å²) < 4.78 is 5.33. The lowest BCUT2D eigenvalue weighted by Gasteiger charge is -2.20. The maximum atomic E-state index is 12.0. The molecule has 0 aliphatic carbocycles. The second-order valence-electron chi connectivity index (χ2n) is 7.78. The molecule has 0 aliphatic heterocycles. The standard InChI is InChI=1S/C21H31N3O5.3H2/c1-6-21(4,5)20(28)29-12-15-7-9-16(10-8-15)24-17(26)11-22-19(27)18(14(2)3)23-13-25;;;/h7-10,13-14,18H,6,11-12H2,1-5H3,(H,22,27)(H,23,25)(H,24,26);3*1H. The third-order valence-corrected chi connectivity index (χ3v) is 4.66. The van der Waals surface area contributed by atoms with Crippen molar-refractivity contribution in [1.82, 2.24) is 10.6 Å². The van der Waals surface area contributed by atoms with E-state index < -0.39 is 23.3 Å². The molecule has 0 saturated heterocycles. The fourth-order valence-corrected chi connectivity index (χ4v) is 2.30. The van der Waals surface area contributed by atoms with Gasteiger partial charge in [0.05, 0.1) is 12.0 Å². The van der Waals surface area contributed by atoms with Crippen LogP contribution in [0.3, 0.4) is 0 Å². The van der Waals surface area contributed by atoms with Gasteiger partial charge in [0.15, 0.2) is 0 Å². The van der Waals surface area contributed by atoms with E-state index in [1.165, 1.54) is 0 Å². The van der Waals surface area contributed by atoms with Crippen molar-refractivity contribution in [1.29, 1.82) is 0 Å². The number of anilines is 1. The van der Waals surface area contributed by atoms with Crippen LogP contribution >= 0.6 is 0 Å².